The third kappa shape index (κ3) is 3.41. The molecule has 4 atom stereocenters. The fourth-order valence-corrected chi connectivity index (χ4v) is 3.05. The molecule has 1 fully saturated rings. The van der Waals surface area contributed by atoms with Crippen molar-refractivity contribution in [1.82, 2.24) is 0 Å². The van der Waals surface area contributed by atoms with Gasteiger partial charge in [0.1, 0.15) is 7.85 Å². The van der Waals surface area contributed by atoms with Crippen LogP contribution in [0.15, 0.2) is 0 Å². The highest BCUT2D eigenvalue weighted by Gasteiger charge is 2.38. The van der Waals surface area contributed by atoms with Crippen LogP contribution in [0.25, 0.3) is 0 Å². The highest BCUT2D eigenvalue weighted by molar-refractivity contribution is 9.09. The predicted molar refractivity (Wildman–Crippen MR) is 71.3 cm³/mol. The van der Waals surface area contributed by atoms with Gasteiger partial charge in [0, 0.05) is 6.00 Å². The lowest BCUT2D eigenvalue weighted by molar-refractivity contribution is 0.0312. The molecule has 14 heavy (non-hydrogen) atoms. The van der Waals surface area contributed by atoms with Crippen molar-refractivity contribution < 1.29 is 9.84 Å². The molecule has 0 unspecified atom stereocenters. The minimum absolute atomic E-state index is 0.00426. The first-order valence-electron chi connectivity index (χ1n) is 4.96. The van der Waals surface area contributed by atoms with Crippen LogP contribution in [-0.4, -0.2) is 61.8 Å². The van der Waals surface area contributed by atoms with Crippen molar-refractivity contribution in [2.45, 2.75) is 29.5 Å². The zero-order valence-electron chi connectivity index (χ0n) is 9.11. The van der Waals surface area contributed by atoms with E-state index in [1.807, 2.05) is 7.85 Å². The number of alkyl halides is 1. The number of halogens is 1. The predicted octanol–water partition coefficient (Wildman–Crippen LogP) is 0.568. The topological polar surface area (TPSA) is 29.5 Å². The molecule has 0 aromatic carbocycles. The van der Waals surface area contributed by atoms with Crippen LogP contribution in [0.1, 0.15) is 6.42 Å². The summed E-state index contributed by atoms with van der Waals surface area (Å²) >= 11 is 3.45. The Balaban J connectivity index is 2.44. The van der Waals surface area contributed by atoms with Gasteiger partial charge in [-0.25, -0.2) is 0 Å². The summed E-state index contributed by atoms with van der Waals surface area (Å²) in [5, 5.41) is 9.84. The van der Waals surface area contributed by atoms with Crippen LogP contribution in [0.2, 0.25) is 0 Å². The highest BCUT2D eigenvalue weighted by Crippen LogP contribution is 2.38. The molecule has 1 saturated heterocycles. The molecule has 1 aliphatic heterocycles. The molecule has 0 radical (unpaired) electrons. The van der Waals surface area contributed by atoms with Gasteiger partial charge in [0.05, 0.1) is 17.0 Å². The van der Waals surface area contributed by atoms with E-state index in [1.165, 1.54) is 0 Å². The molecule has 0 spiro atoms. The Morgan fingerprint density at radius 2 is 2.14 bits per heavy atom. The Kier molecular flexibility index (Phi) is 4.34. The largest absolute Gasteiger partial charge is 0.389 e. The van der Waals surface area contributed by atoms with Gasteiger partial charge in [0.2, 0.25) is 0 Å². The van der Waals surface area contributed by atoms with Gasteiger partial charge in [-0.05, 0) is 25.9 Å². The fraction of sp³-hybridized carbons (Fsp3) is 0.889. The molecule has 1 aliphatic rings. The normalized spacial score (nSPS) is 38.9. The first-order valence-corrected chi connectivity index (χ1v) is 8.93. The van der Waals surface area contributed by atoms with Crippen LogP contribution in [-0.2, 0) is 4.74 Å². The van der Waals surface area contributed by atoms with E-state index in [9.17, 15) is 5.11 Å². The monoisotopic (exact) mass is 280 g/mol. The van der Waals surface area contributed by atoms with Gasteiger partial charge in [-0.3, -0.25) is 0 Å². The van der Waals surface area contributed by atoms with Crippen LogP contribution in [0.5, 0.6) is 0 Å². The van der Waals surface area contributed by atoms with Gasteiger partial charge in [-0.1, -0.05) is 15.9 Å². The number of aliphatic hydroxyl groups excluding tert-OH is 1. The average Bonchev–Trinajstić information content (AvgIpc) is 2.28. The molecule has 5 heteroatoms. The quantitative estimate of drug-likeness (QED) is 0.465. The molecule has 0 aliphatic carbocycles. The molecule has 0 aromatic rings. The molecule has 0 amide bonds. The minimum atomic E-state index is -0.991. The summed E-state index contributed by atoms with van der Waals surface area (Å²) in [6.45, 7) is 3.43. The molecule has 1 heterocycles. The number of rotatable bonds is 3. The van der Waals surface area contributed by atoms with Crippen LogP contribution in [0.4, 0.5) is 0 Å². The van der Waals surface area contributed by atoms with Crippen molar-refractivity contribution in [2.75, 3.05) is 19.5 Å². The van der Waals surface area contributed by atoms with E-state index in [1.54, 1.807) is 0 Å². The van der Waals surface area contributed by atoms with E-state index >= 15 is 0 Å². The van der Waals surface area contributed by atoms with Crippen LogP contribution in [0.3, 0.4) is 0 Å². The van der Waals surface area contributed by atoms with E-state index in [-0.39, 0.29) is 23.0 Å². The van der Waals surface area contributed by atoms with Crippen LogP contribution >= 0.6 is 22.8 Å². The lowest BCUT2D eigenvalue weighted by Gasteiger charge is -2.18. The summed E-state index contributed by atoms with van der Waals surface area (Å²) in [5.41, 5.74) is 0. The fourth-order valence-electron chi connectivity index (χ4n) is 1.63. The molecule has 82 valence electrons. The van der Waals surface area contributed by atoms with Crippen molar-refractivity contribution in [3.05, 3.63) is 0 Å². The molecule has 0 bridgehead atoms. The van der Waals surface area contributed by atoms with E-state index in [0.29, 0.717) is 0 Å². The van der Waals surface area contributed by atoms with Crippen molar-refractivity contribution >= 4 is 37.0 Å². The summed E-state index contributed by atoms with van der Waals surface area (Å²) in [6, 6.07) is 0.112. The van der Waals surface area contributed by atoms with Crippen molar-refractivity contribution in [1.29, 1.82) is 0 Å². The number of ether oxygens (including phenoxy) is 1. The Morgan fingerprint density at radius 3 is 2.50 bits per heavy atom. The summed E-state index contributed by atoms with van der Waals surface area (Å²) < 4.78 is 5.67. The second-order valence-electron chi connectivity index (χ2n) is 4.76. The van der Waals surface area contributed by atoms with Gasteiger partial charge in [-0.2, -0.15) is 0 Å². The second-order valence-corrected chi connectivity index (χ2v) is 10.1. The lowest BCUT2D eigenvalue weighted by Crippen LogP contribution is -2.28. The smallest absolute Gasteiger partial charge is 0.140 e. The maximum absolute atomic E-state index is 9.84. The summed E-state index contributed by atoms with van der Waals surface area (Å²) in [7, 11) is 1.99. The van der Waals surface area contributed by atoms with Crippen molar-refractivity contribution in [3.8, 4) is 0 Å². The standard InChI is InChI=1S/C9H19BBrO2P/c1-14(2,3)5-4-6-8(12)7(11)9(10)13-6/h6-9,12H,1,4-5,10H2,2-3H3/t6-,7-,8-,9-/m1/s1. The molecular formula is C9H19BBrO2P. The molecule has 0 aromatic heterocycles. The van der Waals surface area contributed by atoms with Gasteiger partial charge < -0.3 is 9.84 Å². The Bertz CT molecular complexity index is 243. The number of hydrogen-bond acceptors (Lipinski definition) is 2. The molecule has 1 N–H and O–H groups in total. The molecule has 1 rings (SSSR count). The van der Waals surface area contributed by atoms with Gasteiger partial charge >= 0.3 is 0 Å². The van der Waals surface area contributed by atoms with E-state index in [4.69, 9.17) is 4.74 Å². The van der Waals surface area contributed by atoms with Gasteiger partial charge in [0.15, 0.2) is 0 Å². The van der Waals surface area contributed by atoms with E-state index in [0.717, 1.165) is 12.6 Å². The maximum Gasteiger partial charge on any atom is 0.140 e. The third-order valence-electron chi connectivity index (χ3n) is 2.56. The molecule has 0 saturated carbocycles. The zero-order chi connectivity index (χ0) is 10.9. The zero-order valence-corrected chi connectivity index (χ0v) is 11.6. The van der Waals surface area contributed by atoms with Crippen LogP contribution in [0, 0.1) is 0 Å². The summed E-state index contributed by atoms with van der Waals surface area (Å²) in [6.07, 6.45) is 5.80. The Labute approximate surface area is 95.9 Å². The average molecular weight is 281 g/mol. The highest BCUT2D eigenvalue weighted by atomic mass is 79.9. The minimum Gasteiger partial charge on any atom is -0.389 e. The second kappa shape index (κ2) is 4.73. The SMILES string of the molecule is B[C@@H]1O[C@H](CCP(=C)(C)C)[C@@H](O)[C@H]1Br. The van der Waals surface area contributed by atoms with Crippen molar-refractivity contribution in [2.24, 2.45) is 0 Å². The Hall–Kier alpha value is 0.765. The van der Waals surface area contributed by atoms with E-state index < -0.39 is 6.89 Å². The van der Waals surface area contributed by atoms with Crippen molar-refractivity contribution in [3.63, 3.8) is 0 Å². The lowest BCUT2D eigenvalue weighted by atomic mass is 9.96. The van der Waals surface area contributed by atoms with E-state index in [2.05, 4.69) is 35.6 Å². The first-order chi connectivity index (χ1) is 6.31. The number of aliphatic hydroxyl groups is 1. The molecule has 2 nitrogen and oxygen atoms in total. The van der Waals surface area contributed by atoms with Gasteiger partial charge in [0.25, 0.3) is 0 Å². The summed E-state index contributed by atoms with van der Waals surface area (Å²) in [5.74, 6) is 0. The first kappa shape index (κ1) is 12.8. The maximum atomic E-state index is 9.84. The van der Waals surface area contributed by atoms with Crippen LogP contribution < -0.4 is 0 Å². The third-order valence-corrected chi connectivity index (χ3v) is 5.32. The molecular weight excluding hydrogens is 262 g/mol. The summed E-state index contributed by atoms with van der Waals surface area (Å²) in [4.78, 5) is 0.0822. The van der Waals surface area contributed by atoms with Gasteiger partial charge in [-0.15, -0.1) is 13.2 Å². The number of hydrogen-bond donors (Lipinski definition) is 1. The Morgan fingerprint density at radius 1 is 1.57 bits per heavy atom.